The van der Waals surface area contributed by atoms with Crippen LogP contribution in [0, 0.1) is 11.6 Å². The number of benzene rings is 2. The Morgan fingerprint density at radius 2 is 1.75 bits per heavy atom. The standard InChI is InChI=1S/C22H17Cl2F2N5O/c1-11-21-28-20(22(32)30-9-2-3-10-30)29-31(21)15-8-7-12(23)18(24)17(15)19(27-11)16-13(25)5-4-6-14(16)26/h4-8,11H,2-3,9-10H2,1H3/t11-/m0/s1. The van der Waals surface area contributed by atoms with Crippen molar-refractivity contribution in [1.82, 2.24) is 19.7 Å². The van der Waals surface area contributed by atoms with Gasteiger partial charge in [0, 0.05) is 18.7 Å². The molecule has 1 saturated heterocycles. The van der Waals surface area contributed by atoms with Crippen molar-refractivity contribution in [2.75, 3.05) is 13.1 Å². The van der Waals surface area contributed by atoms with Crippen LogP contribution in [-0.2, 0) is 0 Å². The molecule has 1 atom stereocenters. The van der Waals surface area contributed by atoms with Gasteiger partial charge >= 0.3 is 0 Å². The maximum Gasteiger partial charge on any atom is 0.293 e. The molecule has 2 aliphatic rings. The van der Waals surface area contributed by atoms with Crippen LogP contribution in [0.15, 0.2) is 35.3 Å². The molecular weight excluding hydrogens is 459 g/mol. The zero-order valence-corrected chi connectivity index (χ0v) is 18.5. The summed E-state index contributed by atoms with van der Waals surface area (Å²) < 4.78 is 30.9. The predicted molar refractivity (Wildman–Crippen MR) is 117 cm³/mol. The third-order valence-corrected chi connectivity index (χ3v) is 6.45. The lowest BCUT2D eigenvalue weighted by atomic mass is 9.99. The van der Waals surface area contributed by atoms with Crippen molar-refractivity contribution in [2.24, 2.45) is 4.99 Å². The van der Waals surface area contributed by atoms with Crippen LogP contribution in [-0.4, -0.2) is 44.4 Å². The molecule has 10 heteroatoms. The second kappa shape index (κ2) is 7.94. The van der Waals surface area contributed by atoms with E-state index in [4.69, 9.17) is 23.2 Å². The van der Waals surface area contributed by atoms with Crippen LogP contribution >= 0.6 is 23.2 Å². The van der Waals surface area contributed by atoms with E-state index in [0.717, 1.165) is 25.0 Å². The number of aromatic nitrogens is 3. The first-order valence-electron chi connectivity index (χ1n) is 10.1. The number of fused-ring (bicyclic) bond motifs is 3. The molecule has 0 unspecified atom stereocenters. The van der Waals surface area contributed by atoms with Crippen molar-refractivity contribution in [3.05, 3.63) is 74.8 Å². The topological polar surface area (TPSA) is 63.4 Å². The molecule has 0 spiro atoms. The highest BCUT2D eigenvalue weighted by atomic mass is 35.5. The van der Waals surface area contributed by atoms with Gasteiger partial charge in [0.05, 0.1) is 27.0 Å². The van der Waals surface area contributed by atoms with E-state index < -0.39 is 17.7 Å². The van der Waals surface area contributed by atoms with Gasteiger partial charge in [-0.05, 0) is 44.0 Å². The van der Waals surface area contributed by atoms with Crippen molar-refractivity contribution in [2.45, 2.75) is 25.8 Å². The first-order valence-corrected chi connectivity index (χ1v) is 10.9. The number of amides is 1. The molecule has 32 heavy (non-hydrogen) atoms. The Morgan fingerprint density at radius 1 is 1.06 bits per heavy atom. The number of hydrogen-bond donors (Lipinski definition) is 0. The van der Waals surface area contributed by atoms with E-state index in [1.165, 1.54) is 10.7 Å². The Labute approximate surface area is 192 Å². The molecule has 1 amide bonds. The van der Waals surface area contributed by atoms with Gasteiger partial charge in [-0.15, -0.1) is 5.10 Å². The van der Waals surface area contributed by atoms with Crippen molar-refractivity contribution < 1.29 is 13.6 Å². The fourth-order valence-corrected chi connectivity index (χ4v) is 4.50. The van der Waals surface area contributed by atoms with E-state index in [2.05, 4.69) is 15.1 Å². The highest BCUT2D eigenvalue weighted by Gasteiger charge is 2.33. The molecule has 3 heterocycles. The molecule has 5 rings (SSSR count). The van der Waals surface area contributed by atoms with Crippen LogP contribution in [0.1, 0.15) is 53.4 Å². The molecule has 0 bridgehead atoms. The van der Waals surface area contributed by atoms with Gasteiger partial charge in [0.25, 0.3) is 5.91 Å². The molecule has 6 nitrogen and oxygen atoms in total. The van der Waals surface area contributed by atoms with Crippen molar-refractivity contribution >= 4 is 34.8 Å². The lowest BCUT2D eigenvalue weighted by Crippen LogP contribution is -2.28. The monoisotopic (exact) mass is 475 g/mol. The van der Waals surface area contributed by atoms with Gasteiger partial charge in [-0.25, -0.2) is 18.4 Å². The van der Waals surface area contributed by atoms with E-state index in [0.29, 0.717) is 24.6 Å². The van der Waals surface area contributed by atoms with Gasteiger partial charge in [-0.3, -0.25) is 9.79 Å². The van der Waals surface area contributed by atoms with Gasteiger partial charge in [-0.2, -0.15) is 0 Å². The SMILES string of the molecule is C[C@@H]1N=C(c2c(F)cccc2F)c2c(ccc(Cl)c2Cl)-n2nc(C(=O)N3CCCC3)nc21. The quantitative estimate of drug-likeness (QED) is 0.523. The molecule has 0 radical (unpaired) electrons. The summed E-state index contributed by atoms with van der Waals surface area (Å²) in [5.41, 5.74) is 0.297. The average molecular weight is 476 g/mol. The Balaban J connectivity index is 1.74. The summed E-state index contributed by atoms with van der Waals surface area (Å²) in [7, 11) is 0. The molecule has 2 aromatic carbocycles. The summed E-state index contributed by atoms with van der Waals surface area (Å²) >= 11 is 12.8. The highest BCUT2D eigenvalue weighted by Crippen LogP contribution is 2.38. The molecule has 0 saturated carbocycles. The molecule has 164 valence electrons. The van der Waals surface area contributed by atoms with Crippen molar-refractivity contribution in [3.63, 3.8) is 0 Å². The fourth-order valence-electron chi connectivity index (χ4n) is 4.10. The predicted octanol–water partition coefficient (Wildman–Crippen LogP) is 5.00. The number of rotatable bonds is 2. The molecule has 3 aromatic rings. The van der Waals surface area contributed by atoms with Crippen molar-refractivity contribution in [3.8, 4) is 5.69 Å². The molecular formula is C22H17Cl2F2N5O. The minimum atomic E-state index is -0.782. The number of halogens is 4. The summed E-state index contributed by atoms with van der Waals surface area (Å²) in [5, 5.41) is 4.71. The van der Waals surface area contributed by atoms with Crippen LogP contribution in [0.5, 0.6) is 0 Å². The average Bonchev–Trinajstić information content (AvgIpc) is 3.43. The zero-order valence-electron chi connectivity index (χ0n) is 16.9. The van der Waals surface area contributed by atoms with E-state index in [-0.39, 0.29) is 38.6 Å². The van der Waals surface area contributed by atoms with E-state index in [9.17, 15) is 13.6 Å². The third-order valence-electron chi connectivity index (χ3n) is 5.65. The number of aliphatic imine (C=N–C) groups is 1. The lowest BCUT2D eigenvalue weighted by molar-refractivity contribution is 0.0780. The van der Waals surface area contributed by atoms with E-state index in [1.807, 2.05) is 0 Å². The summed E-state index contributed by atoms with van der Waals surface area (Å²) in [4.78, 5) is 23.6. The summed E-state index contributed by atoms with van der Waals surface area (Å²) in [6, 6.07) is 6.09. The van der Waals surface area contributed by atoms with Gasteiger partial charge in [0.2, 0.25) is 5.82 Å². The minimum Gasteiger partial charge on any atom is -0.336 e. The number of likely N-dealkylation sites (tertiary alicyclic amines) is 1. The van der Waals surface area contributed by atoms with Crippen LogP contribution < -0.4 is 0 Å². The van der Waals surface area contributed by atoms with Gasteiger partial charge < -0.3 is 4.90 Å². The first kappa shape index (κ1) is 21.0. The highest BCUT2D eigenvalue weighted by molar-refractivity contribution is 6.45. The number of carbonyl (C=O) groups is 1. The van der Waals surface area contributed by atoms with Crippen LogP contribution in [0.25, 0.3) is 5.69 Å². The second-order valence-corrected chi connectivity index (χ2v) is 8.50. The maximum atomic E-state index is 14.7. The Hall–Kier alpha value is -2.84. The lowest BCUT2D eigenvalue weighted by Gasteiger charge is -2.15. The summed E-state index contributed by atoms with van der Waals surface area (Å²) in [5.74, 6) is -1.42. The number of nitrogens with zero attached hydrogens (tertiary/aromatic N) is 5. The smallest absolute Gasteiger partial charge is 0.293 e. The Kier molecular flexibility index (Phi) is 5.22. The number of hydrogen-bond acceptors (Lipinski definition) is 4. The van der Waals surface area contributed by atoms with Gasteiger partial charge in [-0.1, -0.05) is 29.3 Å². The molecule has 0 N–H and O–H groups in total. The molecule has 1 aromatic heterocycles. The summed E-state index contributed by atoms with van der Waals surface area (Å²) in [6.45, 7) is 3.03. The molecule has 1 fully saturated rings. The van der Waals surface area contributed by atoms with E-state index in [1.54, 1.807) is 24.0 Å². The Bertz CT molecular complexity index is 1260. The van der Waals surface area contributed by atoms with E-state index >= 15 is 0 Å². The maximum absolute atomic E-state index is 14.7. The zero-order chi connectivity index (χ0) is 22.6. The van der Waals surface area contributed by atoms with Crippen LogP contribution in [0.4, 0.5) is 8.78 Å². The van der Waals surface area contributed by atoms with Gasteiger partial charge in [0.15, 0.2) is 5.82 Å². The third kappa shape index (κ3) is 3.29. The van der Waals surface area contributed by atoms with Crippen LogP contribution in [0.3, 0.4) is 0 Å². The summed E-state index contributed by atoms with van der Waals surface area (Å²) in [6.07, 6.45) is 1.88. The minimum absolute atomic E-state index is 0.00956. The number of carbonyl (C=O) groups excluding carboxylic acids is 1. The first-order chi connectivity index (χ1) is 15.4. The van der Waals surface area contributed by atoms with Crippen LogP contribution in [0.2, 0.25) is 10.0 Å². The molecule has 0 aliphatic carbocycles. The Morgan fingerprint density at radius 3 is 2.44 bits per heavy atom. The molecule has 2 aliphatic heterocycles. The normalized spacial score (nSPS) is 17.6. The largest absolute Gasteiger partial charge is 0.336 e. The second-order valence-electron chi connectivity index (χ2n) is 7.71. The van der Waals surface area contributed by atoms with Gasteiger partial charge in [0.1, 0.15) is 17.7 Å². The van der Waals surface area contributed by atoms with Crippen molar-refractivity contribution in [1.29, 1.82) is 0 Å². The fraction of sp³-hybridized carbons (Fsp3) is 0.273.